The Labute approximate surface area is 115 Å². The molecule has 1 amide bonds. The first-order valence-corrected chi connectivity index (χ1v) is 7.11. The van der Waals surface area contributed by atoms with E-state index in [9.17, 15) is 4.79 Å². The summed E-state index contributed by atoms with van der Waals surface area (Å²) < 4.78 is 0. The van der Waals surface area contributed by atoms with Crippen LogP contribution in [0.4, 0.5) is 0 Å². The van der Waals surface area contributed by atoms with Gasteiger partial charge in [0.1, 0.15) is 11.8 Å². The summed E-state index contributed by atoms with van der Waals surface area (Å²) in [7, 11) is 0. The molecule has 0 aliphatic heterocycles. The fraction of sp³-hybridized carbons (Fsp3) is 0.462. The van der Waals surface area contributed by atoms with Gasteiger partial charge in [-0.1, -0.05) is 15.9 Å². The Hall–Kier alpha value is -1.41. The summed E-state index contributed by atoms with van der Waals surface area (Å²) >= 11 is 3.38. The largest absolute Gasteiger partial charge is 0.333 e. The summed E-state index contributed by atoms with van der Waals surface area (Å²) in [6.07, 6.45) is 4.79. The lowest BCUT2D eigenvalue weighted by atomic mass is 9.91. The van der Waals surface area contributed by atoms with Crippen molar-refractivity contribution in [1.82, 2.24) is 9.88 Å². The van der Waals surface area contributed by atoms with E-state index in [0.717, 1.165) is 18.2 Å². The topological polar surface area (TPSA) is 57.0 Å². The first kappa shape index (κ1) is 13.0. The first-order valence-electron chi connectivity index (χ1n) is 5.99. The van der Waals surface area contributed by atoms with Crippen molar-refractivity contribution in [2.75, 3.05) is 11.9 Å². The SMILES string of the molecule is N#Cc1ccc(C(=O)N(CCBr)C2CCC2)nc1. The maximum absolute atomic E-state index is 12.3. The van der Waals surface area contributed by atoms with Crippen LogP contribution < -0.4 is 0 Å². The number of halogens is 1. The Morgan fingerprint density at radius 1 is 1.56 bits per heavy atom. The normalized spacial score (nSPS) is 14.7. The number of hydrogen-bond donors (Lipinski definition) is 0. The average molecular weight is 308 g/mol. The third kappa shape index (κ3) is 2.70. The zero-order valence-corrected chi connectivity index (χ0v) is 11.6. The number of pyridine rings is 1. The Bertz CT molecular complexity index is 462. The van der Waals surface area contributed by atoms with E-state index in [4.69, 9.17) is 5.26 Å². The van der Waals surface area contributed by atoms with Crippen LogP contribution in [0, 0.1) is 11.3 Å². The second-order valence-electron chi connectivity index (χ2n) is 4.32. The number of rotatable bonds is 4. The molecule has 4 nitrogen and oxygen atoms in total. The number of aromatic nitrogens is 1. The van der Waals surface area contributed by atoms with E-state index in [1.165, 1.54) is 12.6 Å². The number of amides is 1. The molecule has 18 heavy (non-hydrogen) atoms. The molecule has 1 heterocycles. The molecule has 0 saturated heterocycles. The Morgan fingerprint density at radius 3 is 2.78 bits per heavy atom. The molecule has 0 N–H and O–H groups in total. The Morgan fingerprint density at radius 2 is 2.33 bits per heavy atom. The van der Waals surface area contributed by atoms with E-state index in [1.54, 1.807) is 12.1 Å². The lowest BCUT2D eigenvalue weighted by Crippen LogP contribution is -2.45. The molecule has 0 unspecified atom stereocenters. The number of alkyl halides is 1. The van der Waals surface area contributed by atoms with Gasteiger partial charge in [0.2, 0.25) is 0 Å². The Balaban J connectivity index is 2.13. The summed E-state index contributed by atoms with van der Waals surface area (Å²) in [5.41, 5.74) is 0.893. The van der Waals surface area contributed by atoms with Gasteiger partial charge in [-0.15, -0.1) is 0 Å². The van der Waals surface area contributed by atoms with Crippen molar-refractivity contribution in [1.29, 1.82) is 5.26 Å². The van der Waals surface area contributed by atoms with Gasteiger partial charge in [0.25, 0.3) is 5.91 Å². The van der Waals surface area contributed by atoms with E-state index >= 15 is 0 Å². The molecule has 1 fully saturated rings. The molecule has 1 aromatic heterocycles. The minimum absolute atomic E-state index is 0.0383. The maximum atomic E-state index is 12.3. The summed E-state index contributed by atoms with van der Waals surface area (Å²) in [6, 6.07) is 5.61. The molecular formula is C13H14BrN3O. The van der Waals surface area contributed by atoms with Crippen LogP contribution in [0.1, 0.15) is 35.3 Å². The quantitative estimate of drug-likeness (QED) is 0.802. The molecule has 0 spiro atoms. The van der Waals surface area contributed by atoms with E-state index in [-0.39, 0.29) is 5.91 Å². The van der Waals surface area contributed by atoms with Gasteiger partial charge in [0.05, 0.1) is 5.56 Å². The molecule has 0 aromatic carbocycles. The van der Waals surface area contributed by atoms with Gasteiger partial charge in [0.15, 0.2) is 0 Å². The van der Waals surface area contributed by atoms with Gasteiger partial charge < -0.3 is 4.90 Å². The van der Waals surface area contributed by atoms with Crippen molar-refractivity contribution in [2.45, 2.75) is 25.3 Å². The third-order valence-corrected chi connectivity index (χ3v) is 3.57. The molecule has 1 aromatic rings. The van der Waals surface area contributed by atoms with Crippen LogP contribution in [0.3, 0.4) is 0 Å². The highest BCUT2D eigenvalue weighted by Crippen LogP contribution is 2.25. The third-order valence-electron chi connectivity index (χ3n) is 3.21. The van der Waals surface area contributed by atoms with Gasteiger partial charge in [0, 0.05) is 24.1 Å². The summed E-state index contributed by atoms with van der Waals surface area (Å²) in [5.74, 6) is -0.0383. The summed E-state index contributed by atoms with van der Waals surface area (Å²) in [5, 5.41) is 9.47. The number of nitriles is 1. The minimum atomic E-state index is -0.0383. The molecule has 1 aliphatic carbocycles. The molecular weight excluding hydrogens is 294 g/mol. The van der Waals surface area contributed by atoms with Gasteiger partial charge in [-0.25, -0.2) is 4.98 Å². The van der Waals surface area contributed by atoms with Gasteiger partial charge >= 0.3 is 0 Å². The fourth-order valence-electron chi connectivity index (χ4n) is 1.97. The van der Waals surface area contributed by atoms with Gasteiger partial charge in [-0.2, -0.15) is 5.26 Å². The van der Waals surface area contributed by atoms with Crippen molar-refractivity contribution < 1.29 is 4.79 Å². The second-order valence-corrected chi connectivity index (χ2v) is 5.11. The van der Waals surface area contributed by atoms with Crippen molar-refractivity contribution in [3.8, 4) is 6.07 Å². The summed E-state index contributed by atoms with van der Waals surface area (Å²) in [6.45, 7) is 0.700. The lowest BCUT2D eigenvalue weighted by Gasteiger charge is -2.37. The zero-order chi connectivity index (χ0) is 13.0. The first-order chi connectivity index (χ1) is 8.76. The summed E-state index contributed by atoms with van der Waals surface area (Å²) in [4.78, 5) is 18.3. The average Bonchev–Trinajstić information content (AvgIpc) is 2.35. The van der Waals surface area contributed by atoms with Crippen molar-refractivity contribution in [3.05, 3.63) is 29.6 Å². The van der Waals surface area contributed by atoms with Crippen molar-refractivity contribution >= 4 is 21.8 Å². The molecule has 0 bridgehead atoms. The van der Waals surface area contributed by atoms with Crippen LogP contribution in [-0.4, -0.2) is 33.7 Å². The molecule has 5 heteroatoms. The van der Waals surface area contributed by atoms with Crippen LogP contribution in [0.15, 0.2) is 18.3 Å². The zero-order valence-electron chi connectivity index (χ0n) is 9.97. The number of carbonyl (C=O) groups is 1. The Kier molecular flexibility index (Phi) is 4.32. The molecule has 0 atom stereocenters. The highest BCUT2D eigenvalue weighted by Gasteiger charge is 2.29. The van der Waals surface area contributed by atoms with E-state index in [1.807, 2.05) is 11.0 Å². The van der Waals surface area contributed by atoms with Crippen LogP contribution in [-0.2, 0) is 0 Å². The lowest BCUT2D eigenvalue weighted by molar-refractivity contribution is 0.0593. The molecule has 2 rings (SSSR count). The number of nitrogens with zero attached hydrogens (tertiary/aromatic N) is 3. The molecule has 0 radical (unpaired) electrons. The van der Waals surface area contributed by atoms with E-state index < -0.39 is 0 Å². The van der Waals surface area contributed by atoms with Crippen molar-refractivity contribution in [2.24, 2.45) is 0 Å². The molecule has 1 aliphatic rings. The number of hydrogen-bond acceptors (Lipinski definition) is 3. The van der Waals surface area contributed by atoms with Crippen LogP contribution in [0.2, 0.25) is 0 Å². The predicted octanol–water partition coefficient (Wildman–Crippen LogP) is 2.34. The monoisotopic (exact) mass is 307 g/mol. The van der Waals surface area contributed by atoms with Crippen LogP contribution in [0.5, 0.6) is 0 Å². The molecule has 1 saturated carbocycles. The van der Waals surface area contributed by atoms with Crippen LogP contribution in [0.25, 0.3) is 0 Å². The fourth-order valence-corrected chi connectivity index (χ4v) is 2.36. The van der Waals surface area contributed by atoms with Gasteiger partial charge in [-0.05, 0) is 31.4 Å². The molecule has 94 valence electrons. The standard InChI is InChI=1S/C13H14BrN3O/c14-6-7-17(11-2-1-3-11)13(18)12-5-4-10(8-15)9-16-12/h4-5,9,11H,1-3,6-7H2. The second kappa shape index (κ2) is 5.96. The number of carbonyl (C=O) groups excluding carboxylic acids is 1. The highest BCUT2D eigenvalue weighted by molar-refractivity contribution is 9.09. The minimum Gasteiger partial charge on any atom is -0.333 e. The predicted molar refractivity (Wildman–Crippen MR) is 71.4 cm³/mol. The highest BCUT2D eigenvalue weighted by atomic mass is 79.9. The van der Waals surface area contributed by atoms with Gasteiger partial charge in [-0.3, -0.25) is 4.79 Å². The van der Waals surface area contributed by atoms with Crippen molar-refractivity contribution in [3.63, 3.8) is 0 Å². The van der Waals surface area contributed by atoms with E-state index in [0.29, 0.717) is 23.8 Å². The maximum Gasteiger partial charge on any atom is 0.272 e. The smallest absolute Gasteiger partial charge is 0.272 e. The van der Waals surface area contributed by atoms with E-state index in [2.05, 4.69) is 20.9 Å². The van der Waals surface area contributed by atoms with Crippen LogP contribution >= 0.6 is 15.9 Å².